The number of nitrogens with two attached hydrogens (primary N) is 1. The number of hydrogen-bond donors (Lipinski definition) is 1. The zero-order chi connectivity index (χ0) is 14.0. The molecule has 0 radical (unpaired) electrons. The predicted molar refractivity (Wildman–Crippen MR) is 76.1 cm³/mol. The van der Waals surface area contributed by atoms with Crippen LogP contribution in [0.4, 0.5) is 0 Å². The molecule has 0 bridgehead atoms. The molecule has 2 aromatic rings. The quantitative estimate of drug-likeness (QED) is 0.913. The highest BCUT2D eigenvalue weighted by atomic mass is 16.1. The lowest BCUT2D eigenvalue weighted by molar-refractivity contribution is 0.547. The van der Waals surface area contributed by atoms with Gasteiger partial charge in [0.1, 0.15) is 0 Å². The fourth-order valence-electron chi connectivity index (χ4n) is 2.61. The third-order valence-electron chi connectivity index (χ3n) is 3.28. The van der Waals surface area contributed by atoms with Gasteiger partial charge in [0, 0.05) is 25.0 Å². The van der Waals surface area contributed by atoms with Crippen molar-refractivity contribution < 1.29 is 0 Å². The van der Waals surface area contributed by atoms with Gasteiger partial charge in [0.25, 0.3) is 0 Å². The van der Waals surface area contributed by atoms with Crippen molar-refractivity contribution in [3.8, 4) is 0 Å². The van der Waals surface area contributed by atoms with Crippen molar-refractivity contribution in [3.63, 3.8) is 0 Å². The molecule has 4 nitrogen and oxygen atoms in total. The summed E-state index contributed by atoms with van der Waals surface area (Å²) in [4.78, 5) is 15.3. The molecule has 4 heteroatoms. The van der Waals surface area contributed by atoms with Crippen molar-refractivity contribution in [2.75, 3.05) is 0 Å². The summed E-state index contributed by atoms with van der Waals surface area (Å²) in [6.07, 6.45) is 3.21. The molecule has 1 heterocycles. The molecule has 0 aliphatic heterocycles. The molecule has 2 N–H and O–H groups in total. The maximum absolute atomic E-state index is 11.6. The molecule has 100 valence electrons. The second-order valence-electron chi connectivity index (χ2n) is 4.97. The van der Waals surface area contributed by atoms with E-state index in [4.69, 9.17) is 5.73 Å². The first-order chi connectivity index (χ1) is 8.99. The van der Waals surface area contributed by atoms with Gasteiger partial charge in [-0.25, -0.2) is 9.78 Å². The molecule has 0 aliphatic rings. The van der Waals surface area contributed by atoms with E-state index in [-0.39, 0.29) is 11.7 Å². The Balaban J connectivity index is 2.33. The first-order valence-corrected chi connectivity index (χ1v) is 6.34. The maximum atomic E-state index is 11.6. The standard InChI is InChI=1S/C15H19N3O/c1-10-7-11(2)14(12(3)8-10)13(16)9-18-6-4-5-17-15(18)19/h4-8,13H,9,16H2,1-3H3. The zero-order valence-electron chi connectivity index (χ0n) is 11.6. The Morgan fingerprint density at radius 1 is 1.26 bits per heavy atom. The van der Waals surface area contributed by atoms with Gasteiger partial charge in [-0.3, -0.25) is 4.57 Å². The molecule has 0 aliphatic carbocycles. The minimum absolute atomic E-state index is 0.206. The molecule has 2 rings (SSSR count). The first-order valence-electron chi connectivity index (χ1n) is 6.34. The van der Waals surface area contributed by atoms with Crippen LogP contribution >= 0.6 is 0 Å². The molecule has 0 amide bonds. The molecule has 0 saturated heterocycles. The number of aromatic nitrogens is 2. The van der Waals surface area contributed by atoms with E-state index in [1.54, 1.807) is 16.8 Å². The summed E-state index contributed by atoms with van der Waals surface area (Å²) in [6.45, 7) is 6.63. The lowest BCUT2D eigenvalue weighted by atomic mass is 9.94. The second-order valence-corrected chi connectivity index (χ2v) is 4.97. The Morgan fingerprint density at radius 2 is 1.89 bits per heavy atom. The molecule has 19 heavy (non-hydrogen) atoms. The Labute approximate surface area is 112 Å². The Hall–Kier alpha value is -1.94. The highest BCUT2D eigenvalue weighted by Crippen LogP contribution is 2.22. The summed E-state index contributed by atoms with van der Waals surface area (Å²) in [5.74, 6) is 0. The van der Waals surface area contributed by atoms with Crippen molar-refractivity contribution in [1.29, 1.82) is 0 Å². The lowest BCUT2D eigenvalue weighted by Crippen LogP contribution is -2.28. The monoisotopic (exact) mass is 257 g/mol. The number of aryl methyl sites for hydroxylation is 3. The minimum atomic E-state index is -0.264. The Kier molecular flexibility index (Phi) is 3.81. The average molecular weight is 257 g/mol. The number of rotatable bonds is 3. The molecule has 1 atom stereocenters. The van der Waals surface area contributed by atoms with Gasteiger partial charge < -0.3 is 5.73 Å². The topological polar surface area (TPSA) is 60.9 Å². The van der Waals surface area contributed by atoms with Gasteiger partial charge in [-0.1, -0.05) is 17.7 Å². The van der Waals surface area contributed by atoms with Gasteiger partial charge in [-0.05, 0) is 43.5 Å². The number of nitrogens with zero attached hydrogens (tertiary/aromatic N) is 2. The van der Waals surface area contributed by atoms with E-state index in [9.17, 15) is 4.79 Å². The van der Waals surface area contributed by atoms with E-state index >= 15 is 0 Å². The SMILES string of the molecule is Cc1cc(C)c(C(N)Cn2cccnc2=O)c(C)c1. The number of hydrogen-bond acceptors (Lipinski definition) is 3. The van der Waals surface area contributed by atoms with Crippen LogP contribution in [0.25, 0.3) is 0 Å². The highest BCUT2D eigenvalue weighted by Gasteiger charge is 2.13. The third-order valence-corrected chi connectivity index (χ3v) is 3.28. The molecule has 1 aromatic carbocycles. The predicted octanol–water partition coefficient (Wildman–Crippen LogP) is 1.87. The molecule has 0 spiro atoms. The van der Waals surface area contributed by atoms with Crippen molar-refractivity contribution in [2.45, 2.75) is 33.4 Å². The van der Waals surface area contributed by atoms with Crippen molar-refractivity contribution in [2.24, 2.45) is 5.73 Å². The van der Waals surface area contributed by atoms with Gasteiger partial charge in [0.15, 0.2) is 0 Å². The van der Waals surface area contributed by atoms with Crippen molar-refractivity contribution >= 4 is 0 Å². The summed E-state index contributed by atoms with van der Waals surface area (Å²) in [5.41, 5.74) is 10.7. The van der Waals surface area contributed by atoms with E-state index < -0.39 is 0 Å². The second kappa shape index (κ2) is 5.36. The fraction of sp³-hybridized carbons (Fsp3) is 0.333. The largest absolute Gasteiger partial charge is 0.347 e. The van der Waals surface area contributed by atoms with Crippen LogP contribution < -0.4 is 11.4 Å². The van der Waals surface area contributed by atoms with Crippen LogP contribution in [0, 0.1) is 20.8 Å². The zero-order valence-corrected chi connectivity index (χ0v) is 11.6. The minimum Gasteiger partial charge on any atom is -0.322 e. The van der Waals surface area contributed by atoms with Gasteiger partial charge >= 0.3 is 5.69 Å². The summed E-state index contributed by atoms with van der Waals surface area (Å²) >= 11 is 0. The molecule has 1 aromatic heterocycles. The van der Waals surface area contributed by atoms with Crippen LogP contribution in [0.15, 0.2) is 35.4 Å². The molecule has 0 fully saturated rings. The van der Waals surface area contributed by atoms with E-state index in [1.807, 2.05) is 0 Å². The van der Waals surface area contributed by atoms with Gasteiger partial charge in [-0.2, -0.15) is 0 Å². The maximum Gasteiger partial charge on any atom is 0.347 e. The summed E-state index contributed by atoms with van der Waals surface area (Å²) in [5, 5.41) is 0. The van der Waals surface area contributed by atoms with E-state index in [2.05, 4.69) is 37.9 Å². The fourth-order valence-corrected chi connectivity index (χ4v) is 2.61. The van der Waals surface area contributed by atoms with Gasteiger partial charge in [0.05, 0.1) is 0 Å². The van der Waals surface area contributed by atoms with E-state index in [0.717, 1.165) is 5.56 Å². The summed E-state index contributed by atoms with van der Waals surface area (Å²) in [6, 6.07) is 5.77. The van der Waals surface area contributed by atoms with Crippen LogP contribution in [-0.2, 0) is 6.54 Å². The Morgan fingerprint density at radius 3 is 2.47 bits per heavy atom. The van der Waals surface area contributed by atoms with Crippen LogP contribution in [0.3, 0.4) is 0 Å². The van der Waals surface area contributed by atoms with E-state index in [1.165, 1.54) is 22.9 Å². The van der Waals surface area contributed by atoms with Crippen LogP contribution in [-0.4, -0.2) is 9.55 Å². The van der Waals surface area contributed by atoms with Crippen LogP contribution in [0.1, 0.15) is 28.3 Å². The van der Waals surface area contributed by atoms with Crippen LogP contribution in [0.5, 0.6) is 0 Å². The molecule has 0 saturated carbocycles. The van der Waals surface area contributed by atoms with Gasteiger partial charge in [-0.15, -0.1) is 0 Å². The summed E-state index contributed by atoms with van der Waals surface area (Å²) in [7, 11) is 0. The Bertz CT molecular complexity index is 623. The third kappa shape index (κ3) is 2.90. The van der Waals surface area contributed by atoms with Gasteiger partial charge in [0.2, 0.25) is 0 Å². The molecule has 1 unspecified atom stereocenters. The first kappa shape index (κ1) is 13.5. The average Bonchev–Trinajstić information content (AvgIpc) is 2.30. The summed E-state index contributed by atoms with van der Waals surface area (Å²) < 4.78 is 1.55. The smallest absolute Gasteiger partial charge is 0.322 e. The number of benzene rings is 1. The molecular weight excluding hydrogens is 238 g/mol. The van der Waals surface area contributed by atoms with E-state index in [0.29, 0.717) is 6.54 Å². The van der Waals surface area contributed by atoms with Crippen molar-refractivity contribution in [3.05, 3.63) is 63.3 Å². The highest BCUT2D eigenvalue weighted by molar-refractivity contribution is 5.39. The normalized spacial score (nSPS) is 12.4. The lowest BCUT2D eigenvalue weighted by Gasteiger charge is -2.19. The molecular formula is C15H19N3O. The van der Waals surface area contributed by atoms with Crippen LogP contribution in [0.2, 0.25) is 0 Å². The van der Waals surface area contributed by atoms with Crippen molar-refractivity contribution in [1.82, 2.24) is 9.55 Å².